The third-order valence-electron chi connectivity index (χ3n) is 4.38. The lowest BCUT2D eigenvalue weighted by Gasteiger charge is -2.06. The number of hydrogen-bond donors (Lipinski definition) is 1. The Bertz CT molecular complexity index is 1060. The van der Waals surface area contributed by atoms with E-state index < -0.39 is 0 Å². The molecule has 0 saturated carbocycles. The molecule has 4 rings (SSSR count). The highest BCUT2D eigenvalue weighted by atomic mass is 16.7. The molecule has 1 amide bonds. The van der Waals surface area contributed by atoms with Gasteiger partial charge in [0.15, 0.2) is 11.5 Å². The van der Waals surface area contributed by atoms with Crippen molar-refractivity contribution in [3.63, 3.8) is 0 Å². The van der Waals surface area contributed by atoms with Gasteiger partial charge >= 0.3 is 0 Å². The number of carbonyl (C=O) groups is 1. The van der Waals surface area contributed by atoms with Crippen LogP contribution in [0.4, 0.5) is 0 Å². The lowest BCUT2D eigenvalue weighted by molar-refractivity contribution is -0.120. The van der Waals surface area contributed by atoms with Gasteiger partial charge in [-0.25, -0.2) is 0 Å². The van der Waals surface area contributed by atoms with Gasteiger partial charge in [0, 0.05) is 6.07 Å². The monoisotopic (exact) mass is 373 g/mol. The fraction of sp³-hybridized carbons (Fsp3) is 0.174. The third kappa shape index (κ3) is 4.18. The van der Waals surface area contributed by atoms with Crippen LogP contribution in [0, 0.1) is 11.8 Å². The Morgan fingerprint density at radius 1 is 1.00 bits per heavy atom. The van der Waals surface area contributed by atoms with Crippen molar-refractivity contribution in [1.82, 2.24) is 5.32 Å². The number of hydrogen-bond acceptors (Lipinski definition) is 4. The summed E-state index contributed by atoms with van der Waals surface area (Å²) >= 11 is 0. The van der Waals surface area contributed by atoms with Gasteiger partial charge in [0.1, 0.15) is 12.4 Å². The maximum absolute atomic E-state index is 12.2. The number of amides is 1. The molecule has 28 heavy (non-hydrogen) atoms. The maximum atomic E-state index is 12.2. The van der Waals surface area contributed by atoms with Crippen LogP contribution in [0.15, 0.2) is 60.7 Å². The molecule has 0 aromatic heterocycles. The average molecular weight is 373 g/mol. The second-order valence-electron chi connectivity index (χ2n) is 6.25. The molecule has 0 saturated heterocycles. The maximum Gasteiger partial charge on any atom is 0.231 e. The molecular weight excluding hydrogens is 354 g/mol. The van der Waals surface area contributed by atoms with Crippen molar-refractivity contribution in [2.24, 2.45) is 0 Å². The quantitative estimate of drug-likeness (QED) is 0.697. The zero-order valence-electron chi connectivity index (χ0n) is 15.2. The minimum atomic E-state index is -0.0534. The third-order valence-corrected chi connectivity index (χ3v) is 4.38. The molecule has 0 bridgehead atoms. The van der Waals surface area contributed by atoms with Crippen molar-refractivity contribution >= 4 is 16.7 Å². The Kier molecular flexibility index (Phi) is 5.30. The molecule has 0 atom stereocenters. The fourth-order valence-corrected chi connectivity index (χ4v) is 3.02. The summed E-state index contributed by atoms with van der Waals surface area (Å²) in [5.74, 6) is 7.79. The number of nitrogens with one attached hydrogen (secondary N) is 1. The second-order valence-corrected chi connectivity index (χ2v) is 6.25. The van der Waals surface area contributed by atoms with E-state index in [0.717, 1.165) is 16.3 Å². The van der Waals surface area contributed by atoms with Crippen LogP contribution in [-0.2, 0) is 11.2 Å². The van der Waals surface area contributed by atoms with Gasteiger partial charge in [-0.3, -0.25) is 4.79 Å². The van der Waals surface area contributed by atoms with Crippen LogP contribution in [-0.4, -0.2) is 25.9 Å². The predicted molar refractivity (Wildman–Crippen MR) is 106 cm³/mol. The highest BCUT2D eigenvalue weighted by Gasteiger charge is 2.13. The first-order valence-electron chi connectivity index (χ1n) is 9.01. The van der Waals surface area contributed by atoms with Crippen molar-refractivity contribution in [3.8, 4) is 29.1 Å². The summed E-state index contributed by atoms with van der Waals surface area (Å²) in [6, 6.07) is 19.4. The molecule has 5 heteroatoms. The van der Waals surface area contributed by atoms with E-state index in [-0.39, 0.29) is 25.9 Å². The summed E-state index contributed by atoms with van der Waals surface area (Å²) in [6.45, 7) is 0.754. The van der Waals surface area contributed by atoms with Crippen LogP contribution in [0.5, 0.6) is 17.2 Å². The second kappa shape index (κ2) is 8.36. The molecule has 1 aliphatic rings. The van der Waals surface area contributed by atoms with E-state index in [1.807, 2.05) is 42.5 Å². The Labute approximate surface area is 163 Å². The first-order valence-corrected chi connectivity index (χ1v) is 9.01. The molecule has 0 unspecified atom stereocenters. The summed E-state index contributed by atoms with van der Waals surface area (Å²) in [6.07, 6.45) is 0.330. The molecule has 1 N–H and O–H groups in total. The number of fused-ring (bicyclic) bond motifs is 2. The van der Waals surface area contributed by atoms with Crippen LogP contribution in [0.3, 0.4) is 0 Å². The summed E-state index contributed by atoms with van der Waals surface area (Å²) < 4.78 is 16.1. The van der Waals surface area contributed by atoms with E-state index >= 15 is 0 Å². The standard InChI is InChI=1S/C23H19NO4/c25-23(14-18-8-5-7-17-6-1-2-9-20(17)18)24-12-3-4-13-26-19-10-11-21-22(15-19)28-16-27-21/h1-2,5-11,15H,12-14,16H2,(H,24,25). The number of benzene rings is 3. The topological polar surface area (TPSA) is 56.8 Å². The van der Waals surface area contributed by atoms with E-state index in [0.29, 0.717) is 23.7 Å². The molecule has 3 aromatic carbocycles. The molecule has 0 aliphatic carbocycles. The van der Waals surface area contributed by atoms with Gasteiger partial charge in [-0.2, -0.15) is 0 Å². The summed E-state index contributed by atoms with van der Waals surface area (Å²) in [4.78, 5) is 12.2. The number of rotatable bonds is 5. The van der Waals surface area contributed by atoms with Crippen molar-refractivity contribution in [1.29, 1.82) is 0 Å². The van der Waals surface area contributed by atoms with Crippen LogP contribution < -0.4 is 19.5 Å². The molecule has 1 heterocycles. The van der Waals surface area contributed by atoms with Gasteiger partial charge in [-0.05, 0) is 28.5 Å². The van der Waals surface area contributed by atoms with E-state index in [2.05, 4.69) is 17.2 Å². The van der Waals surface area contributed by atoms with Crippen molar-refractivity contribution in [2.75, 3.05) is 19.9 Å². The van der Waals surface area contributed by atoms with Crippen LogP contribution in [0.1, 0.15) is 5.56 Å². The van der Waals surface area contributed by atoms with Gasteiger partial charge < -0.3 is 19.5 Å². The number of ether oxygens (including phenoxy) is 3. The van der Waals surface area contributed by atoms with Crippen LogP contribution in [0.2, 0.25) is 0 Å². The summed E-state index contributed by atoms with van der Waals surface area (Å²) in [5.41, 5.74) is 1.01. The molecule has 3 aromatic rings. The molecule has 0 radical (unpaired) electrons. The van der Waals surface area contributed by atoms with Gasteiger partial charge in [0.25, 0.3) is 0 Å². The SMILES string of the molecule is O=C(Cc1cccc2ccccc12)NCC#CCOc1ccc2c(c1)OCO2. The van der Waals surface area contributed by atoms with E-state index in [9.17, 15) is 4.79 Å². The lowest BCUT2D eigenvalue weighted by Crippen LogP contribution is -2.25. The largest absolute Gasteiger partial charge is 0.481 e. The Hall–Kier alpha value is -3.65. The zero-order valence-corrected chi connectivity index (χ0v) is 15.2. The first kappa shape index (κ1) is 17.7. The van der Waals surface area contributed by atoms with E-state index in [4.69, 9.17) is 14.2 Å². The van der Waals surface area contributed by atoms with Gasteiger partial charge in [-0.15, -0.1) is 0 Å². The van der Waals surface area contributed by atoms with Gasteiger partial charge in [-0.1, -0.05) is 54.3 Å². The molecule has 5 nitrogen and oxygen atoms in total. The lowest BCUT2D eigenvalue weighted by atomic mass is 10.0. The predicted octanol–water partition coefficient (Wildman–Crippen LogP) is 3.31. The van der Waals surface area contributed by atoms with Crippen molar-refractivity contribution in [2.45, 2.75) is 6.42 Å². The molecule has 140 valence electrons. The summed E-state index contributed by atoms with van der Waals surface area (Å²) in [5, 5.41) is 5.06. The van der Waals surface area contributed by atoms with E-state index in [1.54, 1.807) is 18.2 Å². The Morgan fingerprint density at radius 3 is 2.82 bits per heavy atom. The van der Waals surface area contributed by atoms with E-state index in [1.165, 1.54) is 0 Å². The minimum absolute atomic E-state index is 0.0534. The van der Waals surface area contributed by atoms with Crippen LogP contribution in [0.25, 0.3) is 10.8 Å². The van der Waals surface area contributed by atoms with Crippen LogP contribution >= 0.6 is 0 Å². The van der Waals surface area contributed by atoms with Crippen molar-refractivity contribution < 1.29 is 19.0 Å². The molecular formula is C23H19NO4. The average Bonchev–Trinajstić information content (AvgIpc) is 3.19. The molecule has 0 spiro atoms. The highest BCUT2D eigenvalue weighted by Crippen LogP contribution is 2.34. The summed E-state index contributed by atoms with van der Waals surface area (Å²) in [7, 11) is 0. The Morgan fingerprint density at radius 2 is 1.86 bits per heavy atom. The smallest absolute Gasteiger partial charge is 0.231 e. The Balaban J connectivity index is 1.24. The van der Waals surface area contributed by atoms with Crippen molar-refractivity contribution in [3.05, 3.63) is 66.2 Å². The molecule has 1 aliphatic heterocycles. The number of carbonyl (C=O) groups excluding carboxylic acids is 1. The van der Waals surface area contributed by atoms with Gasteiger partial charge in [0.05, 0.1) is 13.0 Å². The molecule has 0 fully saturated rings. The minimum Gasteiger partial charge on any atom is -0.481 e. The first-order chi connectivity index (χ1) is 13.8. The zero-order chi connectivity index (χ0) is 19.2. The highest BCUT2D eigenvalue weighted by molar-refractivity contribution is 5.90. The van der Waals surface area contributed by atoms with Gasteiger partial charge in [0.2, 0.25) is 12.7 Å². The normalized spacial score (nSPS) is 11.6. The fourth-order valence-electron chi connectivity index (χ4n) is 3.02.